The van der Waals surface area contributed by atoms with Gasteiger partial charge in [-0.3, -0.25) is 19.2 Å². The summed E-state index contributed by atoms with van der Waals surface area (Å²) in [6, 6.07) is 0. The normalized spacial score (nSPS) is 39.7. The molecule has 39 heavy (non-hydrogen) atoms. The lowest BCUT2D eigenvalue weighted by Gasteiger charge is -2.44. The summed E-state index contributed by atoms with van der Waals surface area (Å²) < 4.78 is 22.2. The van der Waals surface area contributed by atoms with E-state index in [0.29, 0.717) is 30.8 Å². The van der Waals surface area contributed by atoms with Gasteiger partial charge in [-0.1, -0.05) is 13.8 Å². The van der Waals surface area contributed by atoms with Crippen LogP contribution in [0.25, 0.3) is 0 Å². The molecule has 9 unspecified atom stereocenters. The highest BCUT2D eigenvalue weighted by Gasteiger charge is 2.61. The first-order chi connectivity index (χ1) is 18.3. The van der Waals surface area contributed by atoms with Gasteiger partial charge in [0, 0.05) is 17.3 Å². The molecule has 218 valence electrons. The van der Waals surface area contributed by atoms with Gasteiger partial charge in [-0.05, 0) is 90.9 Å². The second-order valence-corrected chi connectivity index (χ2v) is 14.4. The molecule has 5 aliphatic carbocycles. The van der Waals surface area contributed by atoms with Crippen molar-refractivity contribution < 1.29 is 38.1 Å². The summed E-state index contributed by atoms with van der Waals surface area (Å²) in [5, 5.41) is 0. The highest BCUT2D eigenvalue weighted by molar-refractivity contribution is 5.78. The monoisotopic (exact) mass is 546 g/mol. The van der Waals surface area contributed by atoms with Crippen LogP contribution >= 0.6 is 0 Å². The molecule has 9 atom stereocenters. The fourth-order valence-electron chi connectivity index (χ4n) is 7.75. The standard InChI is InChI=1S/C16H24O4.C15H22O4/c1-4-15(2,3)14(18)20-12-6-11-5-10(12)7-16(11)8-13(17)19-9-16;1-4-15(2,3)14(17)19-11-8-5-6-9-10(7-8)13(16)18-12(9)11/h10-12H,4-9H2,1-3H3;8-12H,4-7H2,1-3H3. The molecule has 8 nitrogen and oxygen atoms in total. The van der Waals surface area contributed by atoms with E-state index in [1.165, 1.54) is 0 Å². The molecule has 7 fully saturated rings. The number of fused-ring (bicyclic) bond motifs is 4. The van der Waals surface area contributed by atoms with E-state index in [0.717, 1.165) is 51.4 Å². The molecule has 0 aromatic rings. The van der Waals surface area contributed by atoms with Gasteiger partial charge in [-0.25, -0.2) is 0 Å². The van der Waals surface area contributed by atoms with Crippen LogP contribution in [0.3, 0.4) is 0 Å². The summed E-state index contributed by atoms with van der Waals surface area (Å²) in [5.41, 5.74) is -0.796. The number of carbonyl (C=O) groups is 4. The SMILES string of the molecule is CCC(C)(C)C(=O)OC1C2CCC3C(C2)C(=O)OC31.CCC(C)(C)C(=O)OC1CC2CC1CC21COC(=O)C1. The van der Waals surface area contributed by atoms with E-state index in [-0.39, 0.29) is 59.4 Å². The van der Waals surface area contributed by atoms with Gasteiger partial charge >= 0.3 is 23.9 Å². The number of cyclic esters (lactones) is 1. The van der Waals surface area contributed by atoms with Gasteiger partial charge < -0.3 is 18.9 Å². The van der Waals surface area contributed by atoms with Crippen molar-refractivity contribution in [3.8, 4) is 0 Å². The minimum atomic E-state index is -0.460. The minimum Gasteiger partial charge on any atom is -0.465 e. The molecule has 2 heterocycles. The van der Waals surface area contributed by atoms with Crippen molar-refractivity contribution in [2.24, 2.45) is 45.8 Å². The van der Waals surface area contributed by atoms with Crippen LogP contribution in [0.2, 0.25) is 0 Å². The Morgan fingerprint density at radius 3 is 2.15 bits per heavy atom. The third-order valence-electron chi connectivity index (χ3n) is 11.3. The zero-order valence-electron chi connectivity index (χ0n) is 24.5. The van der Waals surface area contributed by atoms with E-state index in [1.807, 2.05) is 41.5 Å². The average molecular weight is 547 g/mol. The zero-order valence-corrected chi connectivity index (χ0v) is 24.5. The molecule has 7 aliphatic rings. The van der Waals surface area contributed by atoms with Crippen LogP contribution in [-0.4, -0.2) is 48.8 Å². The van der Waals surface area contributed by atoms with E-state index in [9.17, 15) is 19.2 Å². The van der Waals surface area contributed by atoms with Crippen LogP contribution in [-0.2, 0) is 38.1 Å². The van der Waals surface area contributed by atoms with Gasteiger partial charge in [0.25, 0.3) is 0 Å². The Kier molecular flexibility index (Phi) is 7.33. The molecular formula is C31H46O8. The number of ether oxygens (including phenoxy) is 4. The lowest BCUT2D eigenvalue weighted by atomic mass is 9.63. The maximum absolute atomic E-state index is 12.2. The van der Waals surface area contributed by atoms with Crippen LogP contribution in [0.15, 0.2) is 0 Å². The molecule has 0 amide bonds. The molecule has 8 heteroatoms. The molecule has 2 saturated heterocycles. The summed E-state index contributed by atoms with van der Waals surface area (Å²) in [7, 11) is 0. The van der Waals surface area contributed by atoms with Crippen molar-refractivity contribution in [3.63, 3.8) is 0 Å². The Hall–Kier alpha value is -2.12. The van der Waals surface area contributed by atoms with Crippen LogP contribution in [0.5, 0.6) is 0 Å². The van der Waals surface area contributed by atoms with Gasteiger partial charge in [0.05, 0.1) is 29.8 Å². The Labute approximate surface area is 232 Å². The average Bonchev–Trinajstić information content (AvgIpc) is 3.64. The Bertz CT molecular complexity index is 1020. The fraction of sp³-hybridized carbons (Fsp3) is 0.871. The maximum Gasteiger partial charge on any atom is 0.311 e. The minimum absolute atomic E-state index is 0.0552. The molecule has 5 saturated carbocycles. The largest absolute Gasteiger partial charge is 0.465 e. The van der Waals surface area contributed by atoms with Crippen molar-refractivity contribution >= 4 is 23.9 Å². The topological polar surface area (TPSA) is 105 Å². The van der Waals surface area contributed by atoms with Gasteiger partial charge in [-0.2, -0.15) is 0 Å². The quantitative estimate of drug-likeness (QED) is 0.338. The molecular weight excluding hydrogens is 500 g/mol. The van der Waals surface area contributed by atoms with Crippen LogP contribution in [0.4, 0.5) is 0 Å². The Balaban J connectivity index is 0.000000158. The summed E-state index contributed by atoms with van der Waals surface area (Å²) in [6.45, 7) is 12.3. The first-order valence-corrected chi connectivity index (χ1v) is 15.1. The van der Waals surface area contributed by atoms with Crippen LogP contribution in [0, 0.1) is 45.8 Å². The second kappa shape index (κ2) is 10.1. The van der Waals surface area contributed by atoms with Crippen LogP contribution in [0.1, 0.15) is 99.3 Å². The van der Waals surface area contributed by atoms with E-state index in [2.05, 4.69) is 0 Å². The van der Waals surface area contributed by atoms with E-state index in [4.69, 9.17) is 18.9 Å². The second-order valence-electron chi connectivity index (χ2n) is 14.4. The van der Waals surface area contributed by atoms with Crippen molar-refractivity contribution in [2.45, 2.75) is 118 Å². The number of rotatable bonds is 6. The van der Waals surface area contributed by atoms with Gasteiger partial charge in [0.15, 0.2) is 0 Å². The third kappa shape index (κ3) is 4.99. The van der Waals surface area contributed by atoms with Crippen molar-refractivity contribution in [1.29, 1.82) is 0 Å². The number of esters is 4. The predicted octanol–water partition coefficient (Wildman–Crippen LogP) is 5.00. The third-order valence-corrected chi connectivity index (χ3v) is 11.3. The molecule has 0 aromatic heterocycles. The lowest BCUT2D eigenvalue weighted by molar-refractivity contribution is -0.181. The number of hydrogen-bond acceptors (Lipinski definition) is 8. The summed E-state index contributed by atoms with van der Waals surface area (Å²) in [6.07, 6.45) is 7.68. The first-order valence-electron chi connectivity index (χ1n) is 15.1. The number of carbonyl (C=O) groups excluding carboxylic acids is 4. The molecule has 0 radical (unpaired) electrons. The van der Waals surface area contributed by atoms with Crippen molar-refractivity contribution in [3.05, 3.63) is 0 Å². The highest BCUT2D eigenvalue weighted by Crippen LogP contribution is 2.60. The number of hydrogen-bond donors (Lipinski definition) is 0. The first kappa shape index (κ1) is 28.4. The van der Waals surface area contributed by atoms with Crippen molar-refractivity contribution in [1.82, 2.24) is 0 Å². The van der Waals surface area contributed by atoms with E-state index in [1.54, 1.807) is 0 Å². The van der Waals surface area contributed by atoms with E-state index >= 15 is 0 Å². The smallest absolute Gasteiger partial charge is 0.311 e. The van der Waals surface area contributed by atoms with E-state index < -0.39 is 10.8 Å². The van der Waals surface area contributed by atoms with Crippen LogP contribution < -0.4 is 0 Å². The molecule has 1 spiro atoms. The van der Waals surface area contributed by atoms with Gasteiger partial charge in [-0.15, -0.1) is 0 Å². The van der Waals surface area contributed by atoms with Gasteiger partial charge in [0.2, 0.25) is 0 Å². The molecule has 0 aromatic carbocycles. The summed E-state index contributed by atoms with van der Waals surface area (Å²) in [4.78, 5) is 47.6. The summed E-state index contributed by atoms with van der Waals surface area (Å²) >= 11 is 0. The molecule has 6 bridgehead atoms. The summed E-state index contributed by atoms with van der Waals surface area (Å²) in [5.74, 6) is 1.19. The highest BCUT2D eigenvalue weighted by atomic mass is 16.6. The molecule has 7 rings (SSSR count). The maximum atomic E-state index is 12.2. The lowest BCUT2D eigenvalue weighted by Crippen LogP contribution is -2.51. The predicted molar refractivity (Wildman–Crippen MR) is 141 cm³/mol. The fourth-order valence-corrected chi connectivity index (χ4v) is 7.75. The molecule has 0 N–H and O–H groups in total. The Morgan fingerprint density at radius 2 is 1.59 bits per heavy atom. The van der Waals surface area contributed by atoms with Gasteiger partial charge in [0.1, 0.15) is 18.3 Å². The van der Waals surface area contributed by atoms with Crippen molar-refractivity contribution in [2.75, 3.05) is 6.61 Å². The molecule has 2 aliphatic heterocycles. The Morgan fingerprint density at radius 1 is 0.923 bits per heavy atom. The zero-order chi connectivity index (χ0) is 28.3.